The van der Waals surface area contributed by atoms with Crippen molar-refractivity contribution in [2.75, 3.05) is 7.11 Å². The minimum absolute atomic E-state index is 0.0346. The number of alkyl halides is 9. The fraction of sp³-hybridized carbons (Fsp3) is 0.600. The Bertz CT molecular complexity index is 581. The second kappa shape index (κ2) is 7.05. The van der Waals surface area contributed by atoms with Gasteiger partial charge in [-0.2, -0.15) is 39.5 Å². The zero-order valence-corrected chi connectivity index (χ0v) is 13.1. The molecule has 0 fully saturated rings. The van der Waals surface area contributed by atoms with Crippen molar-refractivity contribution in [1.82, 2.24) is 0 Å². The van der Waals surface area contributed by atoms with Gasteiger partial charge in [0.05, 0.1) is 6.10 Å². The van der Waals surface area contributed by atoms with Crippen LogP contribution >= 0.6 is 0 Å². The fourth-order valence-corrected chi connectivity index (χ4v) is 2.12. The molecule has 0 radical (unpaired) electrons. The van der Waals surface area contributed by atoms with E-state index >= 15 is 0 Å². The van der Waals surface area contributed by atoms with Crippen LogP contribution in [0.3, 0.4) is 0 Å². The van der Waals surface area contributed by atoms with E-state index in [1.807, 2.05) is 0 Å². The molecule has 144 valence electrons. The second-order valence-corrected chi connectivity index (χ2v) is 5.38. The van der Waals surface area contributed by atoms with Gasteiger partial charge in [-0.25, -0.2) is 0 Å². The smallest absolute Gasteiger partial charge is 0.377 e. The molecule has 25 heavy (non-hydrogen) atoms. The Morgan fingerprint density at radius 3 is 1.92 bits per heavy atom. The number of aryl methyl sites for hydroxylation is 1. The molecular weight excluding hydrogens is 367 g/mol. The first kappa shape index (κ1) is 21.6. The predicted molar refractivity (Wildman–Crippen MR) is 71.1 cm³/mol. The van der Waals surface area contributed by atoms with Gasteiger partial charge >= 0.3 is 23.9 Å². The quantitative estimate of drug-likeness (QED) is 0.542. The van der Waals surface area contributed by atoms with Crippen molar-refractivity contribution >= 4 is 0 Å². The van der Waals surface area contributed by atoms with E-state index in [9.17, 15) is 39.5 Å². The summed E-state index contributed by atoms with van der Waals surface area (Å²) in [5.74, 6) is -19.2. The van der Waals surface area contributed by atoms with Gasteiger partial charge in [0.1, 0.15) is 0 Å². The van der Waals surface area contributed by atoms with Crippen molar-refractivity contribution in [3.8, 4) is 0 Å². The predicted octanol–water partition coefficient (Wildman–Crippen LogP) is 5.79. The molecule has 0 aliphatic rings. The van der Waals surface area contributed by atoms with Gasteiger partial charge < -0.3 is 4.74 Å². The molecule has 0 aromatic heterocycles. The van der Waals surface area contributed by atoms with E-state index in [-0.39, 0.29) is 5.56 Å². The van der Waals surface area contributed by atoms with E-state index in [1.165, 1.54) is 18.2 Å². The third-order valence-electron chi connectivity index (χ3n) is 3.67. The lowest BCUT2D eigenvalue weighted by atomic mass is 9.94. The van der Waals surface area contributed by atoms with E-state index in [4.69, 9.17) is 0 Å². The summed E-state index contributed by atoms with van der Waals surface area (Å²) in [6.45, 7) is 1.72. The molecule has 0 heterocycles. The molecule has 1 nitrogen and oxygen atoms in total. The summed E-state index contributed by atoms with van der Waals surface area (Å²) >= 11 is 0. The van der Waals surface area contributed by atoms with Crippen LogP contribution in [0.2, 0.25) is 0 Å². The lowest BCUT2D eigenvalue weighted by molar-refractivity contribution is -0.398. The van der Waals surface area contributed by atoms with Gasteiger partial charge in [0.2, 0.25) is 0 Å². The molecule has 0 aliphatic heterocycles. The molecule has 0 spiro atoms. The summed E-state index contributed by atoms with van der Waals surface area (Å²) in [6, 6.07) is 5.55. The molecule has 0 saturated carbocycles. The first-order valence-corrected chi connectivity index (χ1v) is 7.03. The Morgan fingerprint density at radius 2 is 1.48 bits per heavy atom. The number of rotatable bonds is 7. The first-order chi connectivity index (χ1) is 11.2. The molecule has 1 aromatic carbocycles. The maximum absolute atomic E-state index is 13.7. The topological polar surface area (TPSA) is 9.23 Å². The lowest BCUT2D eigenvalue weighted by Crippen LogP contribution is -2.61. The van der Waals surface area contributed by atoms with Gasteiger partial charge in [-0.15, -0.1) is 0 Å². The van der Waals surface area contributed by atoms with Crippen molar-refractivity contribution in [3.05, 3.63) is 35.4 Å². The highest BCUT2D eigenvalue weighted by Crippen LogP contribution is 2.55. The largest absolute Gasteiger partial charge is 0.460 e. The first-order valence-electron chi connectivity index (χ1n) is 7.03. The second-order valence-electron chi connectivity index (χ2n) is 5.38. The SMILES string of the molecule is CCc1cccc(C(CC(F)(F)C(F)(F)C(F)(F)C(F)(F)F)OC)c1. The molecule has 10 heteroatoms. The van der Waals surface area contributed by atoms with Crippen LogP contribution in [0.15, 0.2) is 24.3 Å². The summed E-state index contributed by atoms with van der Waals surface area (Å²) < 4.78 is 121. The molecule has 1 rings (SSSR count). The van der Waals surface area contributed by atoms with E-state index in [0.717, 1.165) is 7.11 Å². The van der Waals surface area contributed by atoms with Crippen molar-refractivity contribution in [3.63, 3.8) is 0 Å². The highest BCUT2D eigenvalue weighted by molar-refractivity contribution is 5.25. The van der Waals surface area contributed by atoms with Gasteiger partial charge in [-0.05, 0) is 17.5 Å². The van der Waals surface area contributed by atoms with Crippen LogP contribution in [0.25, 0.3) is 0 Å². The Hall–Kier alpha value is -1.45. The molecule has 0 aliphatic carbocycles. The Morgan fingerprint density at radius 1 is 0.920 bits per heavy atom. The van der Waals surface area contributed by atoms with Crippen LogP contribution in [0.4, 0.5) is 39.5 Å². The van der Waals surface area contributed by atoms with E-state index in [1.54, 1.807) is 13.0 Å². The number of ether oxygens (including phenoxy) is 1. The van der Waals surface area contributed by atoms with Crippen LogP contribution in [0.1, 0.15) is 30.6 Å². The molecular formula is C15H15F9O. The highest BCUT2D eigenvalue weighted by Gasteiger charge is 2.81. The fourth-order valence-electron chi connectivity index (χ4n) is 2.12. The molecule has 1 unspecified atom stereocenters. The van der Waals surface area contributed by atoms with Gasteiger partial charge in [0.15, 0.2) is 0 Å². The zero-order valence-electron chi connectivity index (χ0n) is 13.1. The van der Waals surface area contributed by atoms with Crippen LogP contribution in [0, 0.1) is 0 Å². The number of benzene rings is 1. The molecule has 0 saturated heterocycles. The lowest BCUT2D eigenvalue weighted by Gasteiger charge is -2.35. The third kappa shape index (κ3) is 4.04. The average molecular weight is 382 g/mol. The average Bonchev–Trinajstić information content (AvgIpc) is 2.51. The normalized spacial score (nSPS) is 15.3. The summed E-state index contributed by atoms with van der Waals surface area (Å²) in [6.07, 6.45) is -10.2. The van der Waals surface area contributed by atoms with E-state index < -0.39 is 36.5 Å². The Kier molecular flexibility index (Phi) is 6.09. The summed E-state index contributed by atoms with van der Waals surface area (Å²) in [5.41, 5.74) is 0.586. The van der Waals surface area contributed by atoms with Crippen LogP contribution in [0.5, 0.6) is 0 Å². The number of hydrogen-bond acceptors (Lipinski definition) is 1. The monoisotopic (exact) mass is 382 g/mol. The van der Waals surface area contributed by atoms with Crippen LogP contribution in [-0.2, 0) is 11.2 Å². The van der Waals surface area contributed by atoms with Crippen molar-refractivity contribution in [1.29, 1.82) is 0 Å². The number of hydrogen-bond donors (Lipinski definition) is 0. The van der Waals surface area contributed by atoms with Crippen LogP contribution in [-0.4, -0.2) is 31.1 Å². The van der Waals surface area contributed by atoms with Crippen molar-refractivity contribution in [2.45, 2.75) is 49.8 Å². The molecule has 0 amide bonds. The van der Waals surface area contributed by atoms with Gasteiger partial charge in [0, 0.05) is 13.5 Å². The minimum Gasteiger partial charge on any atom is -0.377 e. The van der Waals surface area contributed by atoms with Crippen molar-refractivity contribution in [2.24, 2.45) is 0 Å². The van der Waals surface area contributed by atoms with Crippen LogP contribution < -0.4 is 0 Å². The maximum atomic E-state index is 13.7. The van der Waals surface area contributed by atoms with E-state index in [2.05, 4.69) is 4.74 Å². The maximum Gasteiger partial charge on any atom is 0.460 e. The summed E-state index contributed by atoms with van der Waals surface area (Å²) in [4.78, 5) is 0. The Labute approximate surface area is 137 Å². The number of halogens is 9. The standard InChI is InChI=1S/C15H15F9O/c1-3-9-5-4-6-10(7-9)11(25-2)8-12(16,17)13(18,19)14(20,21)15(22,23)24/h4-7,11H,3,8H2,1-2H3. The highest BCUT2D eigenvalue weighted by atomic mass is 19.4. The molecule has 0 bridgehead atoms. The number of methoxy groups -OCH3 is 1. The summed E-state index contributed by atoms with van der Waals surface area (Å²) in [7, 11) is 0.861. The molecule has 1 aromatic rings. The molecule has 0 N–H and O–H groups in total. The minimum atomic E-state index is -6.90. The van der Waals surface area contributed by atoms with E-state index in [0.29, 0.717) is 12.0 Å². The van der Waals surface area contributed by atoms with Gasteiger partial charge in [0.25, 0.3) is 0 Å². The third-order valence-corrected chi connectivity index (χ3v) is 3.67. The zero-order chi connectivity index (χ0) is 19.7. The van der Waals surface area contributed by atoms with Gasteiger partial charge in [-0.1, -0.05) is 31.2 Å². The molecule has 1 atom stereocenters. The summed E-state index contributed by atoms with van der Waals surface area (Å²) in [5, 5.41) is 0. The van der Waals surface area contributed by atoms with Crippen molar-refractivity contribution < 1.29 is 44.3 Å². The Balaban J connectivity index is 3.19. The van der Waals surface area contributed by atoms with Gasteiger partial charge in [-0.3, -0.25) is 0 Å².